The summed E-state index contributed by atoms with van der Waals surface area (Å²) in [6.45, 7) is 5.41. The van der Waals surface area contributed by atoms with E-state index in [0.29, 0.717) is 12.1 Å². The van der Waals surface area contributed by atoms with Crippen molar-refractivity contribution in [1.82, 2.24) is 9.88 Å². The molecule has 1 heterocycles. The van der Waals surface area contributed by atoms with Gasteiger partial charge in [-0.2, -0.15) is 0 Å². The van der Waals surface area contributed by atoms with Crippen molar-refractivity contribution in [2.24, 2.45) is 7.05 Å². The first kappa shape index (κ1) is 15.9. The number of hydrogen-bond donors (Lipinski definition) is 1. The molecule has 1 aromatic heterocycles. The van der Waals surface area contributed by atoms with Crippen LogP contribution in [0.4, 0.5) is 0 Å². The highest BCUT2D eigenvalue weighted by Gasteiger charge is 2.21. The summed E-state index contributed by atoms with van der Waals surface area (Å²) in [7, 11) is 1.64. The van der Waals surface area contributed by atoms with Crippen LogP contribution in [0, 0.1) is 0 Å². The van der Waals surface area contributed by atoms with Gasteiger partial charge in [0.25, 0.3) is 5.91 Å². The minimum absolute atomic E-state index is 0.131. The summed E-state index contributed by atoms with van der Waals surface area (Å²) < 4.78 is 6.60. The smallest absolute Gasteiger partial charge is 0.355 e. The number of ether oxygens (including phenoxy) is 1. The molecule has 1 aromatic rings. The van der Waals surface area contributed by atoms with E-state index in [9.17, 15) is 14.4 Å². The van der Waals surface area contributed by atoms with Crippen LogP contribution in [0.25, 0.3) is 0 Å². The number of nitrogens with one attached hydrogen (secondary N) is 1. The van der Waals surface area contributed by atoms with Crippen LogP contribution in [0.15, 0.2) is 12.3 Å². The monoisotopic (exact) mass is 280 g/mol. The van der Waals surface area contributed by atoms with Crippen molar-refractivity contribution in [1.29, 1.82) is 0 Å². The first-order valence-corrected chi connectivity index (χ1v) is 6.52. The maximum Gasteiger partial charge on any atom is 0.355 e. The highest BCUT2D eigenvalue weighted by atomic mass is 16.5. The van der Waals surface area contributed by atoms with Crippen molar-refractivity contribution >= 4 is 17.7 Å². The molecule has 0 unspecified atom stereocenters. The number of aryl methyl sites for hydroxylation is 1. The molecule has 1 N–H and O–H groups in total. The molecule has 0 saturated carbocycles. The minimum Gasteiger partial charge on any atom is -0.448 e. The van der Waals surface area contributed by atoms with Gasteiger partial charge in [-0.25, -0.2) is 4.79 Å². The van der Waals surface area contributed by atoms with Crippen molar-refractivity contribution in [2.45, 2.75) is 33.3 Å². The van der Waals surface area contributed by atoms with Crippen molar-refractivity contribution in [3.8, 4) is 0 Å². The van der Waals surface area contributed by atoms with E-state index in [1.165, 1.54) is 24.5 Å². The van der Waals surface area contributed by atoms with Gasteiger partial charge in [-0.3, -0.25) is 9.59 Å². The Morgan fingerprint density at radius 2 is 2.05 bits per heavy atom. The summed E-state index contributed by atoms with van der Waals surface area (Å²) in [5.74, 6) is -1.09. The predicted molar refractivity (Wildman–Crippen MR) is 73.6 cm³/mol. The van der Waals surface area contributed by atoms with Crippen LogP contribution in [-0.4, -0.2) is 34.9 Å². The second-order valence-electron chi connectivity index (χ2n) is 4.62. The molecule has 1 atom stereocenters. The maximum atomic E-state index is 12.0. The van der Waals surface area contributed by atoms with Crippen LogP contribution in [0.2, 0.25) is 0 Å². The van der Waals surface area contributed by atoms with Gasteiger partial charge in [-0.05, 0) is 26.3 Å². The zero-order valence-corrected chi connectivity index (χ0v) is 12.2. The van der Waals surface area contributed by atoms with Gasteiger partial charge in [0.2, 0.25) is 0 Å². The molecule has 0 aliphatic carbocycles. The van der Waals surface area contributed by atoms with E-state index in [-0.39, 0.29) is 17.4 Å². The summed E-state index contributed by atoms with van der Waals surface area (Å²) in [4.78, 5) is 34.8. The average Bonchev–Trinajstić information content (AvgIpc) is 2.78. The SMILES string of the molecule is CCCNC(=O)[C@@H](C)OC(=O)c1cc(C(C)=O)cn1C. The fraction of sp³-hybridized carbons (Fsp3) is 0.500. The van der Waals surface area contributed by atoms with Crippen LogP contribution >= 0.6 is 0 Å². The van der Waals surface area contributed by atoms with Gasteiger partial charge in [0, 0.05) is 25.4 Å². The largest absolute Gasteiger partial charge is 0.448 e. The zero-order chi connectivity index (χ0) is 15.3. The predicted octanol–water partition coefficient (Wildman–Crippen LogP) is 1.30. The van der Waals surface area contributed by atoms with Gasteiger partial charge < -0.3 is 14.6 Å². The number of ketones is 1. The fourth-order valence-electron chi connectivity index (χ4n) is 1.63. The standard InChI is InChI=1S/C14H20N2O4/c1-5-6-15-13(18)10(3)20-14(19)12-7-11(9(2)17)8-16(12)4/h7-8,10H,5-6H2,1-4H3,(H,15,18)/t10-/m1/s1. The van der Waals surface area contributed by atoms with Crippen LogP contribution in [0.3, 0.4) is 0 Å². The molecule has 0 bridgehead atoms. The second-order valence-corrected chi connectivity index (χ2v) is 4.62. The van der Waals surface area contributed by atoms with E-state index >= 15 is 0 Å². The van der Waals surface area contributed by atoms with Crippen LogP contribution in [-0.2, 0) is 16.6 Å². The topological polar surface area (TPSA) is 77.4 Å². The van der Waals surface area contributed by atoms with Gasteiger partial charge in [0.05, 0.1) is 0 Å². The van der Waals surface area contributed by atoms with E-state index in [0.717, 1.165) is 6.42 Å². The van der Waals surface area contributed by atoms with Crippen molar-refractivity contribution in [3.63, 3.8) is 0 Å². The van der Waals surface area contributed by atoms with Crippen molar-refractivity contribution in [3.05, 3.63) is 23.5 Å². The first-order valence-electron chi connectivity index (χ1n) is 6.52. The molecular formula is C14H20N2O4. The number of carbonyl (C=O) groups excluding carboxylic acids is 3. The summed E-state index contributed by atoms with van der Waals surface area (Å²) in [5, 5.41) is 2.65. The third-order valence-corrected chi connectivity index (χ3v) is 2.82. The van der Waals surface area contributed by atoms with Crippen LogP contribution in [0.5, 0.6) is 0 Å². The van der Waals surface area contributed by atoms with E-state index in [2.05, 4.69) is 5.32 Å². The minimum atomic E-state index is -0.871. The molecule has 0 radical (unpaired) electrons. The second kappa shape index (κ2) is 6.88. The van der Waals surface area contributed by atoms with Gasteiger partial charge in [-0.1, -0.05) is 6.92 Å². The molecule has 1 rings (SSSR count). The fourth-order valence-corrected chi connectivity index (χ4v) is 1.63. The Bertz CT molecular complexity index is 519. The van der Waals surface area contributed by atoms with E-state index in [1.807, 2.05) is 6.92 Å². The lowest BCUT2D eigenvalue weighted by molar-refractivity contribution is -0.129. The Hall–Kier alpha value is -2.11. The molecular weight excluding hydrogens is 260 g/mol. The summed E-state index contributed by atoms with van der Waals surface area (Å²) in [6.07, 6.45) is 1.50. The molecule has 20 heavy (non-hydrogen) atoms. The Kier molecular flexibility index (Phi) is 5.49. The normalized spacial score (nSPS) is 11.8. The van der Waals surface area contributed by atoms with E-state index < -0.39 is 12.1 Å². The molecule has 0 spiro atoms. The van der Waals surface area contributed by atoms with Crippen LogP contribution < -0.4 is 5.32 Å². The average molecular weight is 280 g/mol. The molecule has 0 fully saturated rings. The molecule has 0 aliphatic heterocycles. The molecule has 6 heteroatoms. The highest BCUT2D eigenvalue weighted by molar-refractivity contribution is 5.98. The molecule has 6 nitrogen and oxygen atoms in total. The third-order valence-electron chi connectivity index (χ3n) is 2.82. The number of nitrogens with zero attached hydrogens (tertiary/aromatic N) is 1. The number of hydrogen-bond acceptors (Lipinski definition) is 4. The maximum absolute atomic E-state index is 12.0. The van der Waals surface area contributed by atoms with Gasteiger partial charge >= 0.3 is 5.97 Å². The Balaban J connectivity index is 2.71. The number of esters is 1. The molecule has 0 aromatic carbocycles. The number of aromatic nitrogens is 1. The molecule has 0 aliphatic rings. The van der Waals surface area contributed by atoms with E-state index in [1.54, 1.807) is 13.2 Å². The van der Waals surface area contributed by atoms with Gasteiger partial charge in [-0.15, -0.1) is 0 Å². The Morgan fingerprint density at radius 1 is 1.40 bits per heavy atom. The van der Waals surface area contributed by atoms with E-state index in [4.69, 9.17) is 4.74 Å². The highest BCUT2D eigenvalue weighted by Crippen LogP contribution is 2.10. The van der Waals surface area contributed by atoms with Gasteiger partial charge in [0.15, 0.2) is 11.9 Å². The Labute approximate surface area is 118 Å². The van der Waals surface area contributed by atoms with Crippen LogP contribution in [0.1, 0.15) is 48.0 Å². The van der Waals surface area contributed by atoms with Crippen molar-refractivity contribution in [2.75, 3.05) is 6.54 Å². The number of Topliss-reactive ketones (excluding diaryl/α,β-unsaturated/α-hetero) is 1. The third kappa shape index (κ3) is 3.94. The lowest BCUT2D eigenvalue weighted by atomic mass is 10.2. The Morgan fingerprint density at radius 3 is 2.55 bits per heavy atom. The number of rotatable bonds is 6. The zero-order valence-electron chi connectivity index (χ0n) is 12.2. The quantitative estimate of drug-likeness (QED) is 0.629. The summed E-state index contributed by atoms with van der Waals surface area (Å²) in [5.41, 5.74) is 0.674. The lowest BCUT2D eigenvalue weighted by Crippen LogP contribution is -2.36. The molecule has 110 valence electrons. The molecule has 0 saturated heterocycles. The van der Waals surface area contributed by atoms with Crippen molar-refractivity contribution < 1.29 is 19.1 Å². The lowest BCUT2D eigenvalue weighted by Gasteiger charge is -2.13. The van der Waals surface area contributed by atoms with Gasteiger partial charge in [0.1, 0.15) is 5.69 Å². The summed E-state index contributed by atoms with van der Waals surface area (Å²) >= 11 is 0. The first-order chi connectivity index (χ1) is 9.36. The number of amides is 1. The summed E-state index contributed by atoms with van der Waals surface area (Å²) in [6, 6.07) is 1.46. The number of carbonyl (C=O) groups is 3. The molecule has 1 amide bonds.